The molecule has 0 aliphatic carbocycles. The average Bonchev–Trinajstić information content (AvgIpc) is 2.45. The lowest BCUT2D eigenvalue weighted by Gasteiger charge is -2.29. The van der Waals surface area contributed by atoms with Crippen LogP contribution >= 0.6 is 15.9 Å². The van der Waals surface area contributed by atoms with Crippen LogP contribution in [0.1, 0.15) is 43.4 Å². The predicted octanol–water partition coefficient (Wildman–Crippen LogP) is 5.14. The van der Waals surface area contributed by atoms with Crippen LogP contribution in [0.5, 0.6) is 5.75 Å². The predicted molar refractivity (Wildman–Crippen MR) is 102 cm³/mol. The molecule has 2 aromatic rings. The highest BCUT2D eigenvalue weighted by Crippen LogP contribution is 2.39. The Morgan fingerprint density at radius 3 is 2.35 bits per heavy atom. The zero-order chi connectivity index (χ0) is 17.2. The summed E-state index contributed by atoms with van der Waals surface area (Å²) in [5.41, 5.74) is 3.05. The molecule has 0 aliphatic heterocycles. The Balaban J connectivity index is 2.55. The number of hydrogen-bond donors (Lipinski definition) is 1. The maximum Gasteiger partial charge on any atom is 0.120 e. The van der Waals surface area contributed by atoms with Gasteiger partial charge >= 0.3 is 0 Å². The van der Waals surface area contributed by atoms with Gasteiger partial charge in [0.2, 0.25) is 0 Å². The van der Waals surface area contributed by atoms with E-state index in [2.05, 4.69) is 35.0 Å². The maximum atomic E-state index is 12.8. The van der Waals surface area contributed by atoms with E-state index in [1.807, 2.05) is 39.0 Å². The van der Waals surface area contributed by atoms with E-state index in [-0.39, 0.29) is 16.4 Å². The van der Waals surface area contributed by atoms with Gasteiger partial charge in [-0.15, -0.1) is 0 Å². The largest absolute Gasteiger partial charge is 0.616 e. The molecule has 2 aromatic carbocycles. The van der Waals surface area contributed by atoms with Gasteiger partial charge in [0.25, 0.3) is 0 Å². The fourth-order valence-corrected chi connectivity index (χ4v) is 4.36. The van der Waals surface area contributed by atoms with Crippen LogP contribution in [0.25, 0.3) is 0 Å². The number of phenolic OH excluding ortho intramolecular Hbond substituents is 1. The summed E-state index contributed by atoms with van der Waals surface area (Å²) in [5, 5.41) is 10.4. The van der Waals surface area contributed by atoms with Gasteiger partial charge in [-0.2, -0.15) is 0 Å². The van der Waals surface area contributed by atoms with Crippen molar-refractivity contribution in [3.63, 3.8) is 0 Å². The van der Waals surface area contributed by atoms with E-state index in [1.165, 1.54) is 0 Å². The van der Waals surface area contributed by atoms with E-state index in [9.17, 15) is 9.66 Å². The molecule has 0 fully saturated rings. The van der Waals surface area contributed by atoms with Crippen LogP contribution in [0.2, 0.25) is 0 Å². The van der Waals surface area contributed by atoms with Gasteiger partial charge in [-0.25, -0.2) is 0 Å². The smallest absolute Gasteiger partial charge is 0.120 e. The Kier molecular flexibility index (Phi) is 5.82. The van der Waals surface area contributed by atoms with E-state index in [0.717, 1.165) is 21.2 Å². The minimum atomic E-state index is -1.03. The molecule has 0 amide bonds. The fourth-order valence-electron chi connectivity index (χ4n) is 2.58. The summed E-state index contributed by atoms with van der Waals surface area (Å²) in [4.78, 5) is 0. The lowest BCUT2D eigenvalue weighted by molar-refractivity contribution is 0.465. The van der Waals surface area contributed by atoms with Crippen molar-refractivity contribution < 1.29 is 9.66 Å². The third-order valence-electron chi connectivity index (χ3n) is 3.94. The third kappa shape index (κ3) is 4.31. The standard InChI is InChI=1S/C19H23BrO2S/c1-13-8-5-6-9-14(13)15(12-23(22)19(2,3)4)18-16(20)10-7-11-17(18)21/h5-11,15,21H,12H2,1-4H3. The van der Waals surface area contributed by atoms with E-state index in [0.29, 0.717) is 5.75 Å². The van der Waals surface area contributed by atoms with Crippen LogP contribution in [0.4, 0.5) is 0 Å². The van der Waals surface area contributed by atoms with Gasteiger partial charge < -0.3 is 9.66 Å². The molecule has 0 bridgehead atoms. The molecular weight excluding hydrogens is 372 g/mol. The van der Waals surface area contributed by atoms with Crippen molar-refractivity contribution in [3.05, 3.63) is 63.6 Å². The summed E-state index contributed by atoms with van der Waals surface area (Å²) in [6.45, 7) is 8.00. The number of aromatic hydroxyl groups is 1. The van der Waals surface area contributed by atoms with Crippen LogP contribution in [-0.4, -0.2) is 20.2 Å². The summed E-state index contributed by atoms with van der Waals surface area (Å²) in [7, 11) is 0. The molecule has 2 atom stereocenters. The minimum Gasteiger partial charge on any atom is -0.616 e. The molecule has 2 nitrogen and oxygen atoms in total. The van der Waals surface area contributed by atoms with Crippen LogP contribution in [0.3, 0.4) is 0 Å². The monoisotopic (exact) mass is 394 g/mol. The van der Waals surface area contributed by atoms with E-state index in [4.69, 9.17) is 0 Å². The fraction of sp³-hybridized carbons (Fsp3) is 0.368. The van der Waals surface area contributed by atoms with Crippen molar-refractivity contribution in [1.29, 1.82) is 0 Å². The normalized spacial score (nSPS) is 14.5. The second-order valence-electron chi connectivity index (χ2n) is 6.71. The summed E-state index contributed by atoms with van der Waals surface area (Å²) >= 11 is 2.53. The number of aryl methyl sites for hydroxylation is 1. The van der Waals surface area contributed by atoms with Gasteiger partial charge in [0.1, 0.15) is 16.2 Å². The highest BCUT2D eigenvalue weighted by Gasteiger charge is 2.32. The summed E-state index contributed by atoms with van der Waals surface area (Å²) in [6, 6.07) is 13.5. The third-order valence-corrected chi connectivity index (χ3v) is 6.64. The maximum absolute atomic E-state index is 12.8. The topological polar surface area (TPSA) is 43.3 Å². The molecule has 23 heavy (non-hydrogen) atoms. The van der Waals surface area contributed by atoms with Crippen LogP contribution in [0.15, 0.2) is 46.9 Å². The number of halogens is 1. The quantitative estimate of drug-likeness (QED) is 0.729. The van der Waals surface area contributed by atoms with Gasteiger partial charge in [-0.3, -0.25) is 0 Å². The Morgan fingerprint density at radius 1 is 1.13 bits per heavy atom. The molecule has 1 N–H and O–H groups in total. The molecule has 0 saturated carbocycles. The zero-order valence-electron chi connectivity index (χ0n) is 14.0. The number of phenols is 1. The SMILES string of the molecule is Cc1ccccc1C(C[S+]([O-])C(C)(C)C)c1c(O)cccc1Br. The van der Waals surface area contributed by atoms with E-state index < -0.39 is 11.2 Å². The molecular formula is C19H23BrO2S. The van der Waals surface area contributed by atoms with Gasteiger partial charge in [-0.1, -0.05) is 46.3 Å². The Morgan fingerprint density at radius 2 is 1.78 bits per heavy atom. The van der Waals surface area contributed by atoms with Gasteiger partial charge in [0, 0.05) is 10.0 Å². The molecule has 0 radical (unpaired) electrons. The second-order valence-corrected chi connectivity index (χ2v) is 9.81. The molecule has 0 saturated heterocycles. The number of rotatable bonds is 4. The molecule has 2 rings (SSSR count). The molecule has 2 unspecified atom stereocenters. The molecule has 0 aromatic heterocycles. The first-order valence-electron chi connectivity index (χ1n) is 7.63. The molecule has 0 spiro atoms. The van der Waals surface area contributed by atoms with Gasteiger partial charge in [-0.05, 0) is 62.1 Å². The van der Waals surface area contributed by atoms with Crippen molar-refractivity contribution in [2.24, 2.45) is 0 Å². The lowest BCUT2D eigenvalue weighted by atomic mass is 9.89. The Bertz CT molecular complexity index is 659. The highest BCUT2D eigenvalue weighted by atomic mass is 79.9. The Labute approximate surface area is 150 Å². The first-order valence-corrected chi connectivity index (χ1v) is 9.74. The van der Waals surface area contributed by atoms with Gasteiger partial charge in [0.05, 0.1) is 5.92 Å². The van der Waals surface area contributed by atoms with Crippen molar-refractivity contribution in [3.8, 4) is 5.75 Å². The lowest BCUT2D eigenvalue weighted by Crippen LogP contribution is -2.33. The van der Waals surface area contributed by atoms with E-state index >= 15 is 0 Å². The zero-order valence-corrected chi connectivity index (χ0v) is 16.4. The molecule has 4 heteroatoms. The summed E-state index contributed by atoms with van der Waals surface area (Å²) in [5.74, 6) is 0.593. The highest BCUT2D eigenvalue weighted by molar-refractivity contribution is 9.10. The van der Waals surface area contributed by atoms with Crippen molar-refractivity contribution in [1.82, 2.24) is 0 Å². The van der Waals surface area contributed by atoms with Crippen molar-refractivity contribution >= 4 is 27.1 Å². The van der Waals surface area contributed by atoms with Gasteiger partial charge in [0.15, 0.2) is 0 Å². The van der Waals surface area contributed by atoms with Crippen molar-refractivity contribution in [2.75, 3.05) is 5.75 Å². The van der Waals surface area contributed by atoms with Crippen LogP contribution < -0.4 is 0 Å². The van der Waals surface area contributed by atoms with Crippen LogP contribution in [0, 0.1) is 6.92 Å². The average molecular weight is 395 g/mol. The molecule has 0 heterocycles. The minimum absolute atomic E-state index is 0.119. The first-order chi connectivity index (χ1) is 10.7. The first kappa shape index (κ1) is 18.4. The second kappa shape index (κ2) is 7.29. The van der Waals surface area contributed by atoms with Crippen LogP contribution in [-0.2, 0) is 11.2 Å². The Hall–Kier alpha value is -0.970. The number of benzene rings is 2. The summed E-state index contributed by atoms with van der Waals surface area (Å²) < 4.78 is 13.3. The molecule has 0 aliphatic rings. The summed E-state index contributed by atoms with van der Waals surface area (Å²) in [6.07, 6.45) is 0. The number of hydrogen-bond acceptors (Lipinski definition) is 2. The molecule has 124 valence electrons. The van der Waals surface area contributed by atoms with Crippen molar-refractivity contribution in [2.45, 2.75) is 38.4 Å². The van der Waals surface area contributed by atoms with E-state index in [1.54, 1.807) is 12.1 Å².